The van der Waals surface area contributed by atoms with Crippen LogP contribution in [0.4, 0.5) is 0 Å². The molecular formula is C19H35N5O7S. The summed E-state index contributed by atoms with van der Waals surface area (Å²) in [6.07, 6.45) is 0.432. The van der Waals surface area contributed by atoms with E-state index in [2.05, 4.69) is 28.6 Å². The number of hydrogen-bond acceptors (Lipinski definition) is 8. The molecule has 0 aliphatic carbocycles. The molecule has 4 unspecified atom stereocenters. The van der Waals surface area contributed by atoms with Crippen molar-refractivity contribution in [3.63, 3.8) is 0 Å². The summed E-state index contributed by atoms with van der Waals surface area (Å²) >= 11 is 4.07. The van der Waals surface area contributed by atoms with Gasteiger partial charge in [-0.3, -0.25) is 19.2 Å². The van der Waals surface area contributed by atoms with Crippen molar-refractivity contribution in [3.05, 3.63) is 0 Å². The van der Waals surface area contributed by atoms with Crippen LogP contribution < -0.4 is 27.4 Å². The second-order valence-corrected chi connectivity index (χ2v) is 8.06. The Morgan fingerprint density at radius 1 is 0.844 bits per heavy atom. The third-order valence-electron chi connectivity index (χ3n) is 4.68. The monoisotopic (exact) mass is 477 g/mol. The molecule has 0 aliphatic heterocycles. The first kappa shape index (κ1) is 29.6. The van der Waals surface area contributed by atoms with Crippen molar-refractivity contribution < 1.29 is 34.2 Å². The summed E-state index contributed by atoms with van der Waals surface area (Å²) in [5, 5.41) is 25.3. The van der Waals surface area contributed by atoms with E-state index in [0.29, 0.717) is 19.4 Å². The Labute approximate surface area is 192 Å². The molecule has 0 aromatic heterocycles. The summed E-state index contributed by atoms with van der Waals surface area (Å²) in [5.74, 6) is -4.83. The van der Waals surface area contributed by atoms with E-state index in [1.165, 1.54) is 0 Å². The molecule has 9 N–H and O–H groups in total. The SMILES string of the molecule is CC(C)C(N)C(=O)NC(CS)C(=O)NC(CCCCN)C(=O)NC(CCC(=O)O)C(=O)O. The number of thiol groups is 1. The molecule has 13 heteroatoms. The van der Waals surface area contributed by atoms with E-state index in [4.69, 9.17) is 16.6 Å². The van der Waals surface area contributed by atoms with Gasteiger partial charge in [-0.2, -0.15) is 12.6 Å². The summed E-state index contributed by atoms with van der Waals surface area (Å²) in [6, 6.07) is -4.45. The average Bonchev–Trinajstić information content (AvgIpc) is 2.72. The predicted octanol–water partition coefficient (Wildman–Crippen LogP) is -1.57. The second-order valence-electron chi connectivity index (χ2n) is 7.69. The Kier molecular flexibility index (Phi) is 14.3. The quantitative estimate of drug-likeness (QED) is 0.0950. The topological polar surface area (TPSA) is 214 Å². The van der Waals surface area contributed by atoms with Crippen LogP contribution in [0.2, 0.25) is 0 Å². The molecule has 0 fully saturated rings. The molecule has 0 saturated heterocycles. The van der Waals surface area contributed by atoms with Gasteiger partial charge in [-0.15, -0.1) is 0 Å². The van der Waals surface area contributed by atoms with Crippen LogP contribution >= 0.6 is 12.6 Å². The van der Waals surface area contributed by atoms with Crippen LogP contribution in [0.5, 0.6) is 0 Å². The first-order chi connectivity index (χ1) is 14.9. The number of amides is 3. The van der Waals surface area contributed by atoms with Crippen LogP contribution in [0.1, 0.15) is 46.0 Å². The highest BCUT2D eigenvalue weighted by Gasteiger charge is 2.30. The summed E-state index contributed by atoms with van der Waals surface area (Å²) in [7, 11) is 0. The predicted molar refractivity (Wildman–Crippen MR) is 120 cm³/mol. The van der Waals surface area contributed by atoms with Crippen LogP contribution in [-0.2, 0) is 24.0 Å². The number of aliphatic carboxylic acids is 2. The lowest BCUT2D eigenvalue weighted by Crippen LogP contribution is -2.58. The van der Waals surface area contributed by atoms with Gasteiger partial charge in [-0.1, -0.05) is 13.8 Å². The minimum Gasteiger partial charge on any atom is -0.481 e. The Bertz CT molecular complexity index is 662. The summed E-state index contributed by atoms with van der Waals surface area (Å²) in [4.78, 5) is 59.6. The molecule has 0 aromatic rings. The summed E-state index contributed by atoms with van der Waals surface area (Å²) in [6.45, 7) is 3.86. The smallest absolute Gasteiger partial charge is 0.326 e. The van der Waals surface area contributed by atoms with Crippen molar-refractivity contribution in [3.8, 4) is 0 Å². The largest absolute Gasteiger partial charge is 0.481 e. The van der Waals surface area contributed by atoms with Gasteiger partial charge in [0, 0.05) is 12.2 Å². The maximum Gasteiger partial charge on any atom is 0.326 e. The van der Waals surface area contributed by atoms with Gasteiger partial charge in [-0.25, -0.2) is 4.79 Å². The Hall–Kier alpha value is -2.38. The second kappa shape index (κ2) is 15.4. The maximum absolute atomic E-state index is 12.7. The molecule has 0 radical (unpaired) electrons. The van der Waals surface area contributed by atoms with E-state index < -0.39 is 60.2 Å². The highest BCUT2D eigenvalue weighted by atomic mass is 32.1. The van der Waals surface area contributed by atoms with Crippen molar-refractivity contribution in [2.24, 2.45) is 17.4 Å². The van der Waals surface area contributed by atoms with E-state index in [1.54, 1.807) is 13.8 Å². The first-order valence-electron chi connectivity index (χ1n) is 10.4. The highest BCUT2D eigenvalue weighted by Crippen LogP contribution is 2.06. The minimum atomic E-state index is -1.43. The lowest BCUT2D eigenvalue weighted by Gasteiger charge is -2.25. The van der Waals surface area contributed by atoms with Crippen LogP contribution in [0, 0.1) is 5.92 Å². The fourth-order valence-electron chi connectivity index (χ4n) is 2.60. The zero-order chi connectivity index (χ0) is 24.8. The third-order valence-corrected chi connectivity index (χ3v) is 5.04. The number of nitrogens with two attached hydrogens (primary N) is 2. The Morgan fingerprint density at radius 3 is 1.84 bits per heavy atom. The van der Waals surface area contributed by atoms with Crippen LogP contribution in [0.15, 0.2) is 0 Å². The Balaban J connectivity index is 5.30. The van der Waals surface area contributed by atoms with Crippen molar-refractivity contribution >= 4 is 42.3 Å². The van der Waals surface area contributed by atoms with Gasteiger partial charge >= 0.3 is 11.9 Å². The maximum atomic E-state index is 12.7. The van der Waals surface area contributed by atoms with Gasteiger partial charge in [0.25, 0.3) is 0 Å². The highest BCUT2D eigenvalue weighted by molar-refractivity contribution is 7.80. The van der Waals surface area contributed by atoms with E-state index in [-0.39, 0.29) is 24.5 Å². The van der Waals surface area contributed by atoms with Crippen molar-refractivity contribution in [2.45, 2.75) is 70.1 Å². The normalized spacial score (nSPS) is 14.7. The molecule has 0 aliphatic rings. The lowest BCUT2D eigenvalue weighted by atomic mass is 10.0. The molecule has 0 aromatic carbocycles. The molecule has 32 heavy (non-hydrogen) atoms. The number of rotatable bonds is 16. The molecule has 0 spiro atoms. The standard InChI is InChI=1S/C19H35N5O7S/c1-10(2)15(21)18(29)24-13(9-32)17(28)22-11(5-3-4-8-20)16(27)23-12(19(30)31)6-7-14(25)26/h10-13,15,32H,3-9,20-21H2,1-2H3,(H,22,28)(H,23,27)(H,24,29)(H,25,26)(H,30,31). The third kappa shape index (κ3) is 11.3. The molecule has 0 rings (SSSR count). The van der Waals surface area contributed by atoms with Crippen LogP contribution in [-0.4, -0.2) is 76.3 Å². The number of unbranched alkanes of at least 4 members (excludes halogenated alkanes) is 1. The van der Waals surface area contributed by atoms with Gasteiger partial charge in [0.2, 0.25) is 17.7 Å². The van der Waals surface area contributed by atoms with Crippen molar-refractivity contribution in [2.75, 3.05) is 12.3 Å². The molecule has 184 valence electrons. The van der Waals surface area contributed by atoms with Gasteiger partial charge in [-0.05, 0) is 38.1 Å². The van der Waals surface area contributed by atoms with Crippen LogP contribution in [0.3, 0.4) is 0 Å². The number of hydrogen-bond donors (Lipinski definition) is 8. The van der Waals surface area contributed by atoms with Gasteiger partial charge in [0.15, 0.2) is 0 Å². The molecule has 0 saturated carbocycles. The summed E-state index contributed by atoms with van der Waals surface area (Å²) < 4.78 is 0. The molecule has 0 heterocycles. The molecule has 3 amide bonds. The van der Waals surface area contributed by atoms with E-state index in [1.807, 2.05) is 0 Å². The zero-order valence-corrected chi connectivity index (χ0v) is 19.3. The van der Waals surface area contributed by atoms with Gasteiger partial charge in [0.1, 0.15) is 18.1 Å². The van der Waals surface area contributed by atoms with Gasteiger partial charge in [0.05, 0.1) is 6.04 Å². The van der Waals surface area contributed by atoms with Crippen molar-refractivity contribution in [1.29, 1.82) is 0 Å². The fraction of sp³-hybridized carbons (Fsp3) is 0.737. The van der Waals surface area contributed by atoms with Crippen LogP contribution in [0.25, 0.3) is 0 Å². The molecule has 4 atom stereocenters. The molecular weight excluding hydrogens is 442 g/mol. The number of carbonyl (C=O) groups excluding carboxylic acids is 3. The number of carboxylic acid groups (broad SMARTS) is 2. The number of carbonyl (C=O) groups is 5. The molecule has 12 nitrogen and oxygen atoms in total. The zero-order valence-electron chi connectivity index (χ0n) is 18.4. The number of carboxylic acids is 2. The van der Waals surface area contributed by atoms with E-state index >= 15 is 0 Å². The Morgan fingerprint density at radius 2 is 1.38 bits per heavy atom. The van der Waals surface area contributed by atoms with E-state index in [0.717, 1.165) is 0 Å². The lowest BCUT2D eigenvalue weighted by molar-refractivity contribution is -0.143. The minimum absolute atomic E-state index is 0.0596. The van der Waals surface area contributed by atoms with Crippen molar-refractivity contribution in [1.82, 2.24) is 16.0 Å². The average molecular weight is 478 g/mol. The summed E-state index contributed by atoms with van der Waals surface area (Å²) in [5.41, 5.74) is 11.3. The fourth-order valence-corrected chi connectivity index (χ4v) is 2.85. The first-order valence-corrected chi connectivity index (χ1v) is 11.0. The van der Waals surface area contributed by atoms with Gasteiger partial charge < -0.3 is 37.6 Å². The number of nitrogens with one attached hydrogen (secondary N) is 3. The van der Waals surface area contributed by atoms with E-state index in [9.17, 15) is 29.1 Å². The molecule has 0 bridgehead atoms.